The summed E-state index contributed by atoms with van der Waals surface area (Å²) in [5, 5.41) is 10.5. The maximum absolute atomic E-state index is 10.8. The van der Waals surface area contributed by atoms with Crippen molar-refractivity contribution in [2.24, 2.45) is 11.3 Å². The predicted molar refractivity (Wildman–Crippen MR) is 38.6 cm³/mol. The van der Waals surface area contributed by atoms with E-state index in [1.165, 1.54) is 6.92 Å². The van der Waals surface area contributed by atoms with Crippen molar-refractivity contribution in [2.45, 2.75) is 27.7 Å². The van der Waals surface area contributed by atoms with E-state index >= 15 is 0 Å². The molecule has 0 aliphatic rings. The maximum Gasteiger partial charge on any atom is 1.00 e. The zero-order valence-electron chi connectivity index (χ0n) is 8.30. The van der Waals surface area contributed by atoms with E-state index in [0.717, 1.165) is 0 Å². The van der Waals surface area contributed by atoms with Gasteiger partial charge in [-0.1, -0.05) is 20.8 Å². The fraction of sp³-hybridized carbons (Fsp3) is 0.750. The molecule has 64 valence electrons. The summed E-state index contributed by atoms with van der Waals surface area (Å²) >= 11 is 0. The van der Waals surface area contributed by atoms with Crippen molar-refractivity contribution in [3.8, 4) is 0 Å². The van der Waals surface area contributed by atoms with Gasteiger partial charge in [0.2, 0.25) is 0 Å². The van der Waals surface area contributed by atoms with Crippen LogP contribution in [0.15, 0.2) is 0 Å². The molecular weight excluding hydrogens is 167 g/mol. The molecule has 0 spiro atoms. The maximum atomic E-state index is 10.8. The van der Waals surface area contributed by atoms with Gasteiger partial charge >= 0.3 is 29.6 Å². The number of ketones is 1. The summed E-state index contributed by atoms with van der Waals surface area (Å²) in [6.45, 7) is 6.38. The fourth-order valence-electron chi connectivity index (χ4n) is 1.13. The van der Waals surface area contributed by atoms with Crippen LogP contribution in [0.25, 0.3) is 0 Å². The predicted octanol–water partition coefficient (Wildman–Crippen LogP) is -3.01. The van der Waals surface area contributed by atoms with Gasteiger partial charge in [-0.15, -0.1) is 0 Å². The number of rotatable bonds is 2. The van der Waals surface area contributed by atoms with E-state index in [1.54, 1.807) is 20.8 Å². The molecule has 0 aromatic carbocycles. The molecule has 0 radical (unpaired) electrons. The molecule has 0 heterocycles. The Kier molecular flexibility index (Phi) is 6.10. The Bertz CT molecular complexity index is 167. The summed E-state index contributed by atoms with van der Waals surface area (Å²) in [4.78, 5) is 21.3. The van der Waals surface area contributed by atoms with Crippen LogP contribution in [0.5, 0.6) is 0 Å². The van der Waals surface area contributed by atoms with Gasteiger partial charge < -0.3 is 9.90 Å². The fourth-order valence-corrected chi connectivity index (χ4v) is 1.13. The topological polar surface area (TPSA) is 57.2 Å². The molecule has 0 aromatic heterocycles. The Balaban J connectivity index is 0. The van der Waals surface area contributed by atoms with Crippen LogP contribution in [0.4, 0.5) is 0 Å². The van der Waals surface area contributed by atoms with E-state index in [0.29, 0.717) is 0 Å². The summed E-state index contributed by atoms with van der Waals surface area (Å²) in [5.41, 5.74) is -0.551. The Morgan fingerprint density at radius 2 is 1.58 bits per heavy atom. The van der Waals surface area contributed by atoms with E-state index in [-0.39, 0.29) is 35.3 Å². The number of aliphatic carboxylic acids is 1. The number of hydrogen-bond acceptors (Lipinski definition) is 3. The van der Waals surface area contributed by atoms with Crippen molar-refractivity contribution in [2.75, 3.05) is 0 Å². The molecule has 0 amide bonds. The van der Waals surface area contributed by atoms with Crippen molar-refractivity contribution < 1.29 is 44.3 Å². The minimum Gasteiger partial charge on any atom is -0.549 e. The molecular formula is C8H13NaO3. The third-order valence-electron chi connectivity index (χ3n) is 1.51. The molecule has 0 fully saturated rings. The first kappa shape index (κ1) is 14.7. The summed E-state index contributed by atoms with van der Waals surface area (Å²) in [7, 11) is 0. The van der Waals surface area contributed by atoms with Gasteiger partial charge in [-0.3, -0.25) is 4.79 Å². The van der Waals surface area contributed by atoms with Crippen LogP contribution in [0.1, 0.15) is 27.7 Å². The monoisotopic (exact) mass is 180 g/mol. The Morgan fingerprint density at radius 1 is 1.25 bits per heavy atom. The summed E-state index contributed by atoms with van der Waals surface area (Å²) in [5.74, 6) is -2.63. The van der Waals surface area contributed by atoms with Crippen LogP contribution in [0.2, 0.25) is 0 Å². The van der Waals surface area contributed by atoms with Crippen molar-refractivity contribution in [3.05, 3.63) is 0 Å². The van der Waals surface area contributed by atoms with Crippen LogP contribution >= 0.6 is 0 Å². The molecule has 1 unspecified atom stereocenters. The molecule has 0 aromatic rings. The first-order chi connectivity index (χ1) is 4.76. The number of Topliss-reactive ketones (excluding diaryl/α,β-unsaturated/α-hetero) is 1. The normalized spacial score (nSPS) is 13.0. The molecule has 0 rings (SSSR count). The number of carboxylic acid groups (broad SMARTS) is 1. The van der Waals surface area contributed by atoms with E-state index in [1.807, 2.05) is 0 Å². The molecule has 0 aliphatic heterocycles. The first-order valence-corrected chi connectivity index (χ1v) is 3.48. The van der Waals surface area contributed by atoms with Gasteiger partial charge in [-0.05, 0) is 12.3 Å². The molecule has 0 saturated carbocycles. The van der Waals surface area contributed by atoms with Gasteiger partial charge in [0.05, 0.1) is 11.9 Å². The smallest absolute Gasteiger partial charge is 0.549 e. The second kappa shape index (κ2) is 5.00. The standard InChI is InChI=1S/C8H14O3.Na/c1-5(9)6(7(10)11)8(2,3)4;/h6H,1-4H3,(H,10,11);/q;+1/p-1. The summed E-state index contributed by atoms with van der Waals surface area (Å²) in [6.07, 6.45) is 0. The van der Waals surface area contributed by atoms with Gasteiger partial charge in [-0.2, -0.15) is 0 Å². The number of hydrogen-bond donors (Lipinski definition) is 0. The van der Waals surface area contributed by atoms with Crippen LogP contribution in [-0.2, 0) is 9.59 Å². The van der Waals surface area contributed by atoms with Crippen LogP contribution in [0.3, 0.4) is 0 Å². The van der Waals surface area contributed by atoms with Crippen molar-refractivity contribution >= 4 is 11.8 Å². The number of carbonyl (C=O) groups is 2. The zero-order valence-corrected chi connectivity index (χ0v) is 10.3. The third-order valence-corrected chi connectivity index (χ3v) is 1.51. The van der Waals surface area contributed by atoms with Crippen molar-refractivity contribution in [3.63, 3.8) is 0 Å². The molecule has 1 atom stereocenters. The largest absolute Gasteiger partial charge is 1.00 e. The van der Waals surface area contributed by atoms with E-state index in [9.17, 15) is 14.7 Å². The Hall–Kier alpha value is 0.140. The van der Waals surface area contributed by atoms with Crippen LogP contribution < -0.4 is 34.7 Å². The minimum atomic E-state index is -1.29. The molecule has 3 nitrogen and oxygen atoms in total. The average Bonchev–Trinajstić information content (AvgIpc) is 1.54. The van der Waals surface area contributed by atoms with E-state index in [2.05, 4.69) is 0 Å². The molecule has 4 heteroatoms. The van der Waals surface area contributed by atoms with Gasteiger partial charge in [-0.25, -0.2) is 0 Å². The van der Waals surface area contributed by atoms with Gasteiger partial charge in [0.25, 0.3) is 0 Å². The van der Waals surface area contributed by atoms with Crippen molar-refractivity contribution in [1.29, 1.82) is 0 Å². The summed E-state index contributed by atoms with van der Waals surface area (Å²) in [6, 6.07) is 0. The van der Waals surface area contributed by atoms with Crippen LogP contribution in [0, 0.1) is 11.3 Å². The second-order valence-electron chi connectivity index (χ2n) is 3.73. The number of carbonyl (C=O) groups excluding carboxylic acids is 2. The first-order valence-electron chi connectivity index (χ1n) is 3.48. The van der Waals surface area contributed by atoms with Gasteiger partial charge in [0, 0.05) is 0 Å². The molecule has 0 aliphatic carbocycles. The van der Waals surface area contributed by atoms with Crippen LogP contribution in [-0.4, -0.2) is 11.8 Å². The second-order valence-corrected chi connectivity index (χ2v) is 3.73. The average molecular weight is 180 g/mol. The quantitative estimate of drug-likeness (QED) is 0.336. The molecule has 0 N–H and O–H groups in total. The molecule has 12 heavy (non-hydrogen) atoms. The van der Waals surface area contributed by atoms with E-state index < -0.39 is 17.3 Å². The molecule has 0 bridgehead atoms. The minimum absolute atomic E-state index is 0. The number of carboxylic acids is 1. The Morgan fingerprint density at radius 3 is 1.58 bits per heavy atom. The van der Waals surface area contributed by atoms with Gasteiger partial charge in [0.15, 0.2) is 0 Å². The molecule has 0 saturated heterocycles. The van der Waals surface area contributed by atoms with E-state index in [4.69, 9.17) is 0 Å². The van der Waals surface area contributed by atoms with Crippen molar-refractivity contribution in [1.82, 2.24) is 0 Å². The van der Waals surface area contributed by atoms with Gasteiger partial charge in [0.1, 0.15) is 5.78 Å². The summed E-state index contributed by atoms with van der Waals surface area (Å²) < 4.78 is 0. The Labute approximate surface area is 94.8 Å². The third kappa shape index (κ3) is 4.24. The SMILES string of the molecule is CC(=O)C(C(=O)[O-])C(C)(C)C.[Na+]. The zero-order chi connectivity index (χ0) is 9.23.